The van der Waals surface area contributed by atoms with Crippen LogP contribution >= 0.6 is 15.9 Å². The Kier molecular flexibility index (Phi) is 8.11. The number of anilines is 1. The molecule has 0 unspecified atom stereocenters. The second-order valence-corrected chi connectivity index (χ2v) is 8.42. The first kappa shape index (κ1) is 24.3. The Hall–Kier alpha value is -3.32. The molecule has 0 radical (unpaired) electrons. The molecule has 0 heterocycles. The monoisotopic (exact) mass is 511 g/mol. The van der Waals surface area contributed by atoms with Crippen LogP contribution in [0.5, 0.6) is 17.2 Å². The van der Waals surface area contributed by atoms with Crippen molar-refractivity contribution in [1.29, 1.82) is 0 Å². The molecule has 172 valence electrons. The van der Waals surface area contributed by atoms with Crippen molar-refractivity contribution in [3.05, 3.63) is 81.3 Å². The van der Waals surface area contributed by atoms with Crippen LogP contribution < -0.4 is 19.5 Å². The van der Waals surface area contributed by atoms with Gasteiger partial charge in [-0.3, -0.25) is 9.59 Å². The second kappa shape index (κ2) is 11.0. The number of esters is 1. The number of carbonyl (C=O) groups excluding carboxylic acids is 2. The Labute approximate surface area is 202 Å². The molecular weight excluding hydrogens is 486 g/mol. The highest BCUT2D eigenvalue weighted by atomic mass is 79.9. The van der Waals surface area contributed by atoms with Crippen LogP contribution in [0, 0.1) is 13.8 Å². The summed E-state index contributed by atoms with van der Waals surface area (Å²) < 4.78 is 16.8. The molecule has 1 N–H and O–H groups in total. The predicted molar refractivity (Wildman–Crippen MR) is 132 cm³/mol. The molecule has 0 atom stereocenters. The van der Waals surface area contributed by atoms with Crippen LogP contribution in [-0.4, -0.2) is 26.1 Å². The minimum absolute atomic E-state index is 0.184. The molecule has 0 bridgehead atoms. The Morgan fingerprint density at radius 3 is 2.21 bits per heavy atom. The van der Waals surface area contributed by atoms with Crippen molar-refractivity contribution < 1.29 is 23.8 Å². The number of benzene rings is 3. The van der Waals surface area contributed by atoms with Crippen LogP contribution in [0.25, 0.3) is 0 Å². The highest BCUT2D eigenvalue weighted by Gasteiger charge is 2.13. The van der Waals surface area contributed by atoms with Crippen molar-refractivity contribution in [2.45, 2.75) is 26.7 Å². The molecule has 3 aromatic carbocycles. The van der Waals surface area contributed by atoms with E-state index in [4.69, 9.17) is 14.2 Å². The van der Waals surface area contributed by atoms with Crippen LogP contribution in [0.4, 0.5) is 5.69 Å². The van der Waals surface area contributed by atoms with Gasteiger partial charge in [-0.2, -0.15) is 0 Å². The molecule has 0 saturated carbocycles. The fourth-order valence-electron chi connectivity index (χ4n) is 3.33. The van der Waals surface area contributed by atoms with Crippen molar-refractivity contribution in [2.24, 2.45) is 0 Å². The fraction of sp³-hybridized carbons (Fsp3) is 0.231. The molecule has 0 aromatic heterocycles. The van der Waals surface area contributed by atoms with E-state index in [2.05, 4.69) is 21.2 Å². The van der Waals surface area contributed by atoms with Gasteiger partial charge in [0.25, 0.3) is 5.91 Å². The van der Waals surface area contributed by atoms with Crippen LogP contribution in [0.1, 0.15) is 33.5 Å². The average molecular weight is 512 g/mol. The average Bonchev–Trinajstić information content (AvgIpc) is 2.80. The van der Waals surface area contributed by atoms with Gasteiger partial charge < -0.3 is 19.5 Å². The van der Waals surface area contributed by atoms with Crippen molar-refractivity contribution in [1.82, 2.24) is 0 Å². The van der Waals surface area contributed by atoms with E-state index in [-0.39, 0.29) is 18.3 Å². The molecule has 7 heteroatoms. The Morgan fingerprint density at radius 1 is 0.909 bits per heavy atom. The number of halogens is 1. The van der Waals surface area contributed by atoms with Crippen LogP contribution in [-0.2, 0) is 11.2 Å². The zero-order chi connectivity index (χ0) is 24.0. The lowest BCUT2D eigenvalue weighted by Crippen LogP contribution is -2.13. The number of methoxy groups -OCH3 is 2. The number of amides is 1. The number of carbonyl (C=O) groups is 2. The number of aryl methyl sites for hydroxylation is 3. The van der Waals surface area contributed by atoms with Gasteiger partial charge >= 0.3 is 5.97 Å². The quantitative estimate of drug-likeness (QED) is 0.302. The third-order valence-electron chi connectivity index (χ3n) is 5.13. The minimum atomic E-state index is -0.371. The number of ether oxygens (including phenoxy) is 3. The molecule has 0 saturated heterocycles. The number of rotatable bonds is 8. The summed E-state index contributed by atoms with van der Waals surface area (Å²) >= 11 is 3.50. The topological polar surface area (TPSA) is 73.9 Å². The number of hydrogen-bond acceptors (Lipinski definition) is 5. The standard InChI is InChI=1S/C26H26BrNO5/c1-16-5-11-22(17(2)13-16)28-26(30)18-6-9-20(10-7-18)33-25(29)12-8-19-14-23(31-3)24(32-4)15-21(19)27/h5-7,9-11,13-15H,8,12H2,1-4H3,(H,28,30). The molecule has 3 aromatic rings. The molecule has 0 aliphatic rings. The maximum atomic E-state index is 12.5. The Morgan fingerprint density at radius 2 is 1.58 bits per heavy atom. The van der Waals surface area contributed by atoms with Gasteiger partial charge in [0.05, 0.1) is 20.6 Å². The molecule has 6 nitrogen and oxygen atoms in total. The first-order chi connectivity index (χ1) is 15.8. The molecule has 1 amide bonds. The van der Waals surface area contributed by atoms with Crippen molar-refractivity contribution in [3.8, 4) is 17.2 Å². The SMILES string of the molecule is COc1cc(Br)c(CCC(=O)Oc2ccc(C(=O)Nc3ccc(C)cc3C)cc2)cc1OC. The number of nitrogens with one attached hydrogen (secondary N) is 1. The molecule has 3 rings (SSSR count). The van der Waals surface area contributed by atoms with E-state index in [0.717, 1.165) is 26.9 Å². The van der Waals surface area contributed by atoms with Crippen LogP contribution in [0.2, 0.25) is 0 Å². The zero-order valence-corrected chi connectivity index (χ0v) is 20.6. The lowest BCUT2D eigenvalue weighted by atomic mass is 10.1. The maximum absolute atomic E-state index is 12.5. The largest absolute Gasteiger partial charge is 0.493 e. The van der Waals surface area contributed by atoms with Gasteiger partial charge in [0, 0.05) is 15.7 Å². The first-order valence-electron chi connectivity index (χ1n) is 10.4. The normalized spacial score (nSPS) is 10.5. The lowest BCUT2D eigenvalue weighted by Gasteiger charge is -2.12. The summed E-state index contributed by atoms with van der Waals surface area (Å²) in [6.45, 7) is 3.96. The molecule has 0 aliphatic heterocycles. The minimum Gasteiger partial charge on any atom is -0.493 e. The van der Waals surface area contributed by atoms with Gasteiger partial charge in [0.2, 0.25) is 0 Å². The van der Waals surface area contributed by atoms with Gasteiger partial charge in [-0.25, -0.2) is 0 Å². The van der Waals surface area contributed by atoms with E-state index in [0.29, 0.717) is 29.2 Å². The van der Waals surface area contributed by atoms with Gasteiger partial charge in [-0.1, -0.05) is 33.6 Å². The van der Waals surface area contributed by atoms with E-state index in [1.54, 1.807) is 44.6 Å². The lowest BCUT2D eigenvalue weighted by molar-refractivity contribution is -0.134. The molecular formula is C26H26BrNO5. The summed E-state index contributed by atoms with van der Waals surface area (Å²) in [6.07, 6.45) is 0.652. The first-order valence-corrected chi connectivity index (χ1v) is 11.2. The zero-order valence-electron chi connectivity index (χ0n) is 19.0. The second-order valence-electron chi connectivity index (χ2n) is 7.57. The molecule has 0 fully saturated rings. The van der Waals surface area contributed by atoms with E-state index >= 15 is 0 Å². The van der Waals surface area contributed by atoms with Gasteiger partial charge in [0.1, 0.15) is 5.75 Å². The molecule has 0 aliphatic carbocycles. The summed E-state index contributed by atoms with van der Waals surface area (Å²) in [5.74, 6) is 0.993. The van der Waals surface area contributed by atoms with E-state index in [1.807, 2.05) is 38.1 Å². The van der Waals surface area contributed by atoms with Gasteiger partial charge in [-0.15, -0.1) is 0 Å². The highest BCUT2D eigenvalue weighted by Crippen LogP contribution is 2.34. The summed E-state index contributed by atoms with van der Waals surface area (Å²) in [4.78, 5) is 24.9. The Balaban J connectivity index is 1.57. The summed E-state index contributed by atoms with van der Waals surface area (Å²) in [6, 6.07) is 16.0. The molecule has 33 heavy (non-hydrogen) atoms. The summed E-state index contributed by atoms with van der Waals surface area (Å²) in [5.41, 5.74) is 4.28. The van der Waals surface area contributed by atoms with Crippen molar-refractivity contribution in [2.75, 3.05) is 19.5 Å². The van der Waals surface area contributed by atoms with Gasteiger partial charge in [-0.05, 0) is 73.9 Å². The summed E-state index contributed by atoms with van der Waals surface area (Å²) in [5, 5.41) is 2.90. The Bertz CT molecular complexity index is 1160. The highest BCUT2D eigenvalue weighted by molar-refractivity contribution is 9.10. The number of hydrogen-bond donors (Lipinski definition) is 1. The van der Waals surface area contributed by atoms with Crippen molar-refractivity contribution >= 4 is 33.5 Å². The van der Waals surface area contributed by atoms with Crippen LogP contribution in [0.3, 0.4) is 0 Å². The van der Waals surface area contributed by atoms with E-state index in [9.17, 15) is 9.59 Å². The van der Waals surface area contributed by atoms with Crippen LogP contribution in [0.15, 0.2) is 59.1 Å². The van der Waals surface area contributed by atoms with Crippen molar-refractivity contribution in [3.63, 3.8) is 0 Å². The smallest absolute Gasteiger partial charge is 0.311 e. The van der Waals surface area contributed by atoms with Gasteiger partial charge in [0.15, 0.2) is 11.5 Å². The summed E-state index contributed by atoms with van der Waals surface area (Å²) in [7, 11) is 3.13. The third kappa shape index (κ3) is 6.35. The third-order valence-corrected chi connectivity index (χ3v) is 5.87. The maximum Gasteiger partial charge on any atom is 0.311 e. The predicted octanol–water partition coefficient (Wildman–Crippen LogP) is 5.87. The van der Waals surface area contributed by atoms with E-state index in [1.165, 1.54) is 0 Å². The molecule has 0 spiro atoms. The fourth-order valence-corrected chi connectivity index (χ4v) is 3.85. The van der Waals surface area contributed by atoms with E-state index < -0.39 is 0 Å².